The predicted molar refractivity (Wildman–Crippen MR) is 82.9 cm³/mol. The van der Waals surface area contributed by atoms with Crippen molar-refractivity contribution >= 4 is 12.0 Å². The third-order valence-electron chi connectivity index (χ3n) is 5.20. The number of likely N-dealkylation sites (tertiary alicyclic amines) is 1. The molecule has 2 atom stereocenters. The lowest BCUT2D eigenvalue weighted by Gasteiger charge is -2.23. The van der Waals surface area contributed by atoms with Gasteiger partial charge in [0.25, 0.3) is 0 Å². The second-order valence-electron chi connectivity index (χ2n) is 6.50. The molecule has 23 heavy (non-hydrogen) atoms. The molecule has 2 heterocycles. The molecule has 1 aliphatic heterocycles. The van der Waals surface area contributed by atoms with Gasteiger partial charge in [-0.25, -0.2) is 4.79 Å². The van der Waals surface area contributed by atoms with E-state index < -0.39 is 11.4 Å². The molecule has 3 rings (SSSR count). The van der Waals surface area contributed by atoms with Crippen LogP contribution in [0.15, 0.2) is 12.4 Å². The molecule has 1 aromatic rings. The van der Waals surface area contributed by atoms with Crippen LogP contribution in [0.3, 0.4) is 0 Å². The number of carboxylic acids is 1. The first-order valence-corrected chi connectivity index (χ1v) is 8.05. The molecule has 2 fully saturated rings. The summed E-state index contributed by atoms with van der Waals surface area (Å²) in [6.07, 6.45) is 6.42. The molecule has 2 N–H and O–H groups in total. The highest BCUT2D eigenvalue weighted by molar-refractivity contribution is 5.80. The number of nitrogens with one attached hydrogen (secondary N) is 1. The summed E-state index contributed by atoms with van der Waals surface area (Å²) in [5.74, 6) is -0.668. The van der Waals surface area contributed by atoms with Crippen LogP contribution in [0.25, 0.3) is 0 Å². The van der Waals surface area contributed by atoms with Crippen LogP contribution in [-0.2, 0) is 11.2 Å². The molecule has 1 saturated heterocycles. The highest BCUT2D eigenvalue weighted by Gasteiger charge is 2.55. The van der Waals surface area contributed by atoms with Crippen molar-refractivity contribution < 1.29 is 14.7 Å². The van der Waals surface area contributed by atoms with E-state index in [4.69, 9.17) is 0 Å². The van der Waals surface area contributed by atoms with Gasteiger partial charge in [-0.3, -0.25) is 14.8 Å². The Balaban J connectivity index is 1.54. The van der Waals surface area contributed by atoms with E-state index in [2.05, 4.69) is 15.3 Å². The van der Waals surface area contributed by atoms with E-state index in [1.54, 1.807) is 17.3 Å². The van der Waals surface area contributed by atoms with E-state index in [-0.39, 0.29) is 11.9 Å². The van der Waals surface area contributed by atoms with Gasteiger partial charge in [-0.1, -0.05) is 6.42 Å². The molecule has 0 spiro atoms. The molecule has 7 nitrogen and oxygen atoms in total. The van der Waals surface area contributed by atoms with Crippen LogP contribution < -0.4 is 5.32 Å². The van der Waals surface area contributed by atoms with E-state index in [1.807, 2.05) is 6.92 Å². The lowest BCUT2D eigenvalue weighted by atomic mass is 9.81. The van der Waals surface area contributed by atoms with Crippen molar-refractivity contribution in [3.8, 4) is 0 Å². The minimum Gasteiger partial charge on any atom is -0.481 e. The first kappa shape index (κ1) is 15.7. The summed E-state index contributed by atoms with van der Waals surface area (Å²) in [5, 5.41) is 12.4. The molecule has 1 saturated carbocycles. The van der Waals surface area contributed by atoms with E-state index in [0.717, 1.165) is 24.2 Å². The van der Waals surface area contributed by atoms with Crippen LogP contribution in [0.5, 0.6) is 0 Å². The Morgan fingerprint density at radius 3 is 2.91 bits per heavy atom. The Hall–Kier alpha value is -2.18. The summed E-state index contributed by atoms with van der Waals surface area (Å²) >= 11 is 0. The standard InChI is InChI=1S/C16H22N4O3/c1-11-13(18-8-7-17-11)4-6-19-15(23)20-9-12-3-2-5-16(12,10-20)14(21)22/h7-8,12H,2-6,9-10H2,1H3,(H,19,23)(H,21,22)/t12-,16+/m0/s1. The van der Waals surface area contributed by atoms with Gasteiger partial charge in [0.2, 0.25) is 0 Å². The van der Waals surface area contributed by atoms with Gasteiger partial charge in [0, 0.05) is 38.4 Å². The van der Waals surface area contributed by atoms with Crippen LogP contribution >= 0.6 is 0 Å². The van der Waals surface area contributed by atoms with Gasteiger partial charge in [0.1, 0.15) is 0 Å². The number of hydrogen-bond acceptors (Lipinski definition) is 4. The molecule has 1 aromatic heterocycles. The number of carbonyl (C=O) groups is 2. The number of carbonyl (C=O) groups excluding carboxylic acids is 1. The Morgan fingerprint density at radius 1 is 1.43 bits per heavy atom. The molecule has 0 radical (unpaired) electrons. The van der Waals surface area contributed by atoms with Gasteiger partial charge in [-0.2, -0.15) is 0 Å². The lowest BCUT2D eigenvalue weighted by molar-refractivity contribution is -0.149. The molecular formula is C16H22N4O3. The minimum absolute atomic E-state index is 0.0907. The van der Waals surface area contributed by atoms with Gasteiger partial charge < -0.3 is 15.3 Å². The monoisotopic (exact) mass is 318 g/mol. The van der Waals surface area contributed by atoms with Crippen molar-refractivity contribution in [3.63, 3.8) is 0 Å². The summed E-state index contributed by atoms with van der Waals surface area (Å²) < 4.78 is 0. The largest absolute Gasteiger partial charge is 0.481 e. The molecule has 0 unspecified atom stereocenters. The molecule has 7 heteroatoms. The molecule has 2 amide bonds. The topological polar surface area (TPSA) is 95.4 Å². The Morgan fingerprint density at radius 2 is 2.22 bits per heavy atom. The van der Waals surface area contributed by atoms with Crippen molar-refractivity contribution in [1.29, 1.82) is 0 Å². The fraction of sp³-hybridized carbons (Fsp3) is 0.625. The predicted octanol–water partition coefficient (Wildman–Crippen LogP) is 1.22. The average Bonchev–Trinajstić information content (AvgIpc) is 3.07. The molecule has 124 valence electrons. The number of rotatable bonds is 4. The second kappa shape index (κ2) is 6.14. The Kier molecular flexibility index (Phi) is 4.19. The summed E-state index contributed by atoms with van der Waals surface area (Å²) in [7, 11) is 0. The van der Waals surface area contributed by atoms with E-state index in [9.17, 15) is 14.7 Å². The zero-order valence-corrected chi connectivity index (χ0v) is 13.3. The number of carboxylic acid groups (broad SMARTS) is 1. The average molecular weight is 318 g/mol. The van der Waals surface area contributed by atoms with Crippen LogP contribution in [0.2, 0.25) is 0 Å². The van der Waals surface area contributed by atoms with Gasteiger partial charge in [0.15, 0.2) is 0 Å². The molecule has 2 aliphatic rings. The first-order chi connectivity index (χ1) is 11.0. The molecule has 1 aliphatic carbocycles. The van der Waals surface area contributed by atoms with Crippen molar-refractivity contribution in [2.45, 2.75) is 32.6 Å². The lowest BCUT2D eigenvalue weighted by Crippen LogP contribution is -2.42. The summed E-state index contributed by atoms with van der Waals surface area (Å²) in [5.41, 5.74) is 1.01. The quantitative estimate of drug-likeness (QED) is 0.870. The third kappa shape index (κ3) is 2.87. The number of nitrogens with zero attached hydrogens (tertiary/aromatic N) is 3. The SMILES string of the molecule is Cc1nccnc1CCNC(=O)N1C[C@@H]2CCC[C@@]2(C(=O)O)C1. The summed E-state index contributed by atoms with van der Waals surface area (Å²) in [4.78, 5) is 34.0. The van der Waals surface area contributed by atoms with E-state index in [0.29, 0.717) is 32.5 Å². The summed E-state index contributed by atoms with van der Waals surface area (Å²) in [6, 6.07) is -0.179. The Labute approximate surface area is 135 Å². The smallest absolute Gasteiger partial charge is 0.317 e. The number of hydrogen-bond donors (Lipinski definition) is 2. The maximum atomic E-state index is 12.3. The van der Waals surface area contributed by atoms with Gasteiger partial charge >= 0.3 is 12.0 Å². The Bertz CT molecular complexity index is 621. The normalized spacial score (nSPS) is 26.1. The van der Waals surface area contributed by atoms with E-state index >= 15 is 0 Å². The number of fused-ring (bicyclic) bond motifs is 1. The van der Waals surface area contributed by atoms with Gasteiger partial charge in [-0.15, -0.1) is 0 Å². The highest BCUT2D eigenvalue weighted by Crippen LogP contribution is 2.48. The first-order valence-electron chi connectivity index (χ1n) is 8.05. The van der Waals surface area contributed by atoms with Crippen molar-refractivity contribution in [2.24, 2.45) is 11.3 Å². The third-order valence-corrected chi connectivity index (χ3v) is 5.20. The van der Waals surface area contributed by atoms with Gasteiger partial charge in [-0.05, 0) is 25.7 Å². The fourth-order valence-electron chi connectivity index (χ4n) is 3.88. The van der Waals surface area contributed by atoms with Crippen molar-refractivity contribution in [3.05, 3.63) is 23.8 Å². The second-order valence-corrected chi connectivity index (χ2v) is 6.50. The summed E-state index contributed by atoms with van der Waals surface area (Å²) in [6.45, 7) is 3.23. The molecular weight excluding hydrogens is 296 g/mol. The molecule has 0 aromatic carbocycles. The molecule has 0 bridgehead atoms. The number of aryl methyl sites for hydroxylation is 1. The maximum Gasteiger partial charge on any atom is 0.317 e. The van der Waals surface area contributed by atoms with E-state index in [1.165, 1.54) is 0 Å². The van der Waals surface area contributed by atoms with Crippen molar-refractivity contribution in [2.75, 3.05) is 19.6 Å². The number of aliphatic carboxylic acids is 1. The van der Waals surface area contributed by atoms with Crippen LogP contribution in [-0.4, -0.2) is 51.6 Å². The number of aromatic nitrogens is 2. The number of urea groups is 1. The van der Waals surface area contributed by atoms with Crippen molar-refractivity contribution in [1.82, 2.24) is 20.2 Å². The highest BCUT2D eigenvalue weighted by atomic mass is 16.4. The zero-order valence-electron chi connectivity index (χ0n) is 13.3. The fourth-order valence-corrected chi connectivity index (χ4v) is 3.88. The minimum atomic E-state index is -0.759. The maximum absolute atomic E-state index is 12.3. The zero-order chi connectivity index (χ0) is 16.4. The van der Waals surface area contributed by atoms with Crippen LogP contribution in [0, 0.1) is 18.3 Å². The van der Waals surface area contributed by atoms with Crippen LogP contribution in [0.4, 0.5) is 4.79 Å². The van der Waals surface area contributed by atoms with Crippen LogP contribution in [0.1, 0.15) is 30.7 Å². The number of amides is 2. The van der Waals surface area contributed by atoms with Gasteiger partial charge in [0.05, 0.1) is 16.8 Å².